The molecule has 5 nitrogen and oxygen atoms in total. The SMILES string of the molecule is O=C(O)/C=C/c1ccc(N2C(=O)C3CCC(C3)C2=O)cc1. The molecule has 2 fully saturated rings. The molecule has 1 saturated carbocycles. The van der Waals surface area contributed by atoms with Gasteiger partial charge in [-0.1, -0.05) is 12.1 Å². The molecule has 2 unspecified atom stereocenters. The van der Waals surface area contributed by atoms with Gasteiger partial charge < -0.3 is 5.11 Å². The third kappa shape index (κ3) is 2.46. The first-order valence-corrected chi connectivity index (χ1v) is 6.95. The summed E-state index contributed by atoms with van der Waals surface area (Å²) in [7, 11) is 0. The van der Waals surface area contributed by atoms with Gasteiger partial charge in [-0.05, 0) is 43.0 Å². The summed E-state index contributed by atoms with van der Waals surface area (Å²) in [6, 6.07) is 6.77. The van der Waals surface area contributed by atoms with E-state index < -0.39 is 5.97 Å². The van der Waals surface area contributed by atoms with Crippen molar-refractivity contribution in [1.82, 2.24) is 0 Å². The zero-order chi connectivity index (χ0) is 15.0. The minimum absolute atomic E-state index is 0.0284. The second kappa shape index (κ2) is 5.16. The lowest BCUT2D eigenvalue weighted by atomic mass is 9.96. The molecule has 3 rings (SSSR count). The number of imide groups is 1. The maximum absolute atomic E-state index is 12.3. The highest BCUT2D eigenvalue weighted by Crippen LogP contribution is 2.39. The fourth-order valence-electron chi connectivity index (χ4n) is 3.06. The topological polar surface area (TPSA) is 74.7 Å². The maximum Gasteiger partial charge on any atom is 0.328 e. The quantitative estimate of drug-likeness (QED) is 0.681. The second-order valence-electron chi connectivity index (χ2n) is 5.48. The Hall–Kier alpha value is -2.43. The molecule has 1 aliphatic heterocycles. The molecule has 2 amide bonds. The molecule has 1 heterocycles. The number of carbonyl (C=O) groups excluding carboxylic acids is 2. The largest absolute Gasteiger partial charge is 0.478 e. The first-order valence-electron chi connectivity index (χ1n) is 6.95. The number of piperidine rings is 1. The van der Waals surface area contributed by atoms with Crippen molar-refractivity contribution in [1.29, 1.82) is 0 Å². The Balaban J connectivity index is 1.85. The number of carboxylic acids is 1. The van der Waals surface area contributed by atoms with Gasteiger partial charge >= 0.3 is 5.97 Å². The number of carbonyl (C=O) groups is 3. The van der Waals surface area contributed by atoms with Crippen LogP contribution in [0.3, 0.4) is 0 Å². The predicted molar refractivity (Wildman–Crippen MR) is 76.4 cm³/mol. The number of carboxylic acid groups (broad SMARTS) is 1. The number of aliphatic carboxylic acids is 1. The number of hydrogen-bond donors (Lipinski definition) is 1. The highest BCUT2D eigenvalue weighted by atomic mass is 16.4. The van der Waals surface area contributed by atoms with E-state index in [4.69, 9.17) is 5.11 Å². The van der Waals surface area contributed by atoms with Gasteiger partial charge in [-0.15, -0.1) is 0 Å². The molecule has 2 aliphatic rings. The van der Waals surface area contributed by atoms with Crippen molar-refractivity contribution in [3.63, 3.8) is 0 Å². The number of benzene rings is 1. The molecular weight excluding hydrogens is 270 g/mol. The zero-order valence-corrected chi connectivity index (χ0v) is 11.4. The molecule has 1 aliphatic carbocycles. The fraction of sp³-hybridized carbons (Fsp3) is 0.312. The number of rotatable bonds is 3. The van der Waals surface area contributed by atoms with Crippen molar-refractivity contribution >= 4 is 29.5 Å². The van der Waals surface area contributed by atoms with E-state index in [1.807, 2.05) is 0 Å². The summed E-state index contributed by atoms with van der Waals surface area (Å²) in [5, 5.41) is 8.58. The zero-order valence-electron chi connectivity index (χ0n) is 11.4. The van der Waals surface area contributed by atoms with Gasteiger partial charge in [0.05, 0.1) is 5.69 Å². The summed E-state index contributed by atoms with van der Waals surface area (Å²) in [5.41, 5.74) is 1.27. The third-order valence-electron chi connectivity index (χ3n) is 4.14. The molecule has 1 aromatic carbocycles. The summed E-state index contributed by atoms with van der Waals surface area (Å²) >= 11 is 0. The molecule has 0 radical (unpaired) electrons. The maximum atomic E-state index is 12.3. The van der Waals surface area contributed by atoms with Crippen molar-refractivity contribution in [2.24, 2.45) is 11.8 Å². The van der Waals surface area contributed by atoms with Gasteiger partial charge in [-0.25, -0.2) is 4.79 Å². The molecule has 1 aromatic rings. The number of hydrogen-bond acceptors (Lipinski definition) is 3. The first-order chi connectivity index (χ1) is 10.1. The van der Waals surface area contributed by atoms with Crippen LogP contribution in [0, 0.1) is 11.8 Å². The Labute approximate surface area is 121 Å². The van der Waals surface area contributed by atoms with Crippen LogP contribution in [0.15, 0.2) is 30.3 Å². The smallest absolute Gasteiger partial charge is 0.328 e. The van der Waals surface area contributed by atoms with Gasteiger partial charge in [0.15, 0.2) is 0 Å². The molecular formula is C16H15NO4. The predicted octanol–water partition coefficient (Wildman–Crippen LogP) is 2.07. The van der Waals surface area contributed by atoms with Crippen molar-refractivity contribution in [3.05, 3.63) is 35.9 Å². The summed E-state index contributed by atoms with van der Waals surface area (Å²) in [4.78, 5) is 36.4. The van der Waals surface area contributed by atoms with E-state index in [2.05, 4.69) is 0 Å². The minimum Gasteiger partial charge on any atom is -0.478 e. The lowest BCUT2D eigenvalue weighted by Gasteiger charge is -2.29. The average Bonchev–Trinajstić information content (AvgIpc) is 2.92. The van der Waals surface area contributed by atoms with Crippen molar-refractivity contribution in [3.8, 4) is 0 Å². The van der Waals surface area contributed by atoms with Crippen molar-refractivity contribution in [2.75, 3.05) is 4.90 Å². The summed E-state index contributed by atoms with van der Waals surface area (Å²) in [6.07, 6.45) is 4.80. The van der Waals surface area contributed by atoms with E-state index in [1.165, 1.54) is 11.0 Å². The molecule has 5 heteroatoms. The average molecular weight is 285 g/mol. The van der Waals surface area contributed by atoms with Crippen molar-refractivity contribution < 1.29 is 19.5 Å². The second-order valence-corrected chi connectivity index (χ2v) is 5.48. The minimum atomic E-state index is -1.02. The van der Waals surface area contributed by atoms with E-state index in [9.17, 15) is 14.4 Å². The third-order valence-corrected chi connectivity index (χ3v) is 4.14. The Morgan fingerprint density at radius 3 is 2.19 bits per heavy atom. The Morgan fingerprint density at radius 1 is 1.10 bits per heavy atom. The normalized spacial score (nSPS) is 24.9. The lowest BCUT2D eigenvalue weighted by molar-refractivity contribution is -0.133. The van der Waals surface area contributed by atoms with Crippen LogP contribution in [0.5, 0.6) is 0 Å². The van der Waals surface area contributed by atoms with Gasteiger partial charge in [0.25, 0.3) is 0 Å². The first kappa shape index (κ1) is 13.5. The van der Waals surface area contributed by atoms with Gasteiger partial charge in [0.2, 0.25) is 11.8 Å². The molecule has 1 N–H and O–H groups in total. The molecule has 2 bridgehead atoms. The number of fused-ring (bicyclic) bond motifs is 2. The van der Waals surface area contributed by atoms with E-state index in [0.717, 1.165) is 18.9 Å². The Bertz CT molecular complexity index is 610. The standard InChI is InChI=1S/C16H15NO4/c18-14(19)8-3-10-1-6-13(7-2-10)17-15(20)11-4-5-12(9-11)16(17)21/h1-3,6-8,11-12H,4-5,9H2,(H,18,19)/b8-3+. The van der Waals surface area contributed by atoms with E-state index in [1.54, 1.807) is 24.3 Å². The van der Waals surface area contributed by atoms with Gasteiger partial charge in [-0.2, -0.15) is 0 Å². The number of amides is 2. The van der Waals surface area contributed by atoms with Crippen LogP contribution in [0.2, 0.25) is 0 Å². The molecule has 21 heavy (non-hydrogen) atoms. The lowest BCUT2D eigenvalue weighted by Crippen LogP contribution is -2.46. The monoisotopic (exact) mass is 285 g/mol. The van der Waals surface area contributed by atoms with Crippen LogP contribution >= 0.6 is 0 Å². The van der Waals surface area contributed by atoms with Gasteiger partial charge in [0.1, 0.15) is 0 Å². The molecule has 2 atom stereocenters. The van der Waals surface area contributed by atoms with E-state index in [0.29, 0.717) is 17.7 Å². The highest BCUT2D eigenvalue weighted by Gasteiger charge is 2.45. The van der Waals surface area contributed by atoms with Gasteiger partial charge in [0, 0.05) is 17.9 Å². The highest BCUT2D eigenvalue weighted by molar-refractivity contribution is 6.18. The van der Waals surface area contributed by atoms with Crippen LogP contribution in [-0.4, -0.2) is 22.9 Å². The van der Waals surface area contributed by atoms with Crippen LogP contribution in [-0.2, 0) is 14.4 Å². The van der Waals surface area contributed by atoms with E-state index >= 15 is 0 Å². The molecule has 0 aromatic heterocycles. The molecule has 1 saturated heterocycles. The van der Waals surface area contributed by atoms with Crippen LogP contribution in [0.25, 0.3) is 6.08 Å². The molecule has 0 spiro atoms. The number of nitrogens with zero attached hydrogens (tertiary/aromatic N) is 1. The summed E-state index contributed by atoms with van der Waals surface area (Å²) < 4.78 is 0. The van der Waals surface area contributed by atoms with Gasteiger partial charge in [-0.3, -0.25) is 14.5 Å². The fourth-order valence-corrected chi connectivity index (χ4v) is 3.06. The number of anilines is 1. The summed E-state index contributed by atoms with van der Waals surface area (Å²) in [6.45, 7) is 0. The Kier molecular flexibility index (Phi) is 3.33. The van der Waals surface area contributed by atoms with Crippen LogP contribution in [0.4, 0.5) is 5.69 Å². The van der Waals surface area contributed by atoms with Crippen LogP contribution in [0.1, 0.15) is 24.8 Å². The molecule has 108 valence electrons. The summed E-state index contributed by atoms with van der Waals surface area (Å²) in [5.74, 6) is -1.29. The van der Waals surface area contributed by atoms with Crippen LogP contribution < -0.4 is 4.90 Å². The van der Waals surface area contributed by atoms with Crippen molar-refractivity contribution in [2.45, 2.75) is 19.3 Å². The Morgan fingerprint density at radius 2 is 1.67 bits per heavy atom. The van der Waals surface area contributed by atoms with E-state index in [-0.39, 0.29) is 23.7 Å².